The topological polar surface area (TPSA) is 70.6 Å². The summed E-state index contributed by atoms with van der Waals surface area (Å²) in [6, 6.07) is 4.17. The first kappa shape index (κ1) is 15.8. The van der Waals surface area contributed by atoms with Gasteiger partial charge in [0.1, 0.15) is 11.7 Å². The number of carbonyl (C=O) groups excluding carboxylic acids is 1. The summed E-state index contributed by atoms with van der Waals surface area (Å²) in [5.41, 5.74) is 1.88. The molecule has 1 amide bonds. The number of hydrogen-bond donors (Lipinski definition) is 0. The van der Waals surface area contributed by atoms with Gasteiger partial charge >= 0.3 is 6.09 Å². The van der Waals surface area contributed by atoms with Gasteiger partial charge in [-0.15, -0.1) is 0 Å². The number of halogens is 1. The average molecular weight is 377 g/mol. The summed E-state index contributed by atoms with van der Waals surface area (Å²) in [5, 5.41) is 13.5. The van der Waals surface area contributed by atoms with Crippen LogP contribution in [0.3, 0.4) is 0 Å². The molecule has 0 unspecified atom stereocenters. The second-order valence-corrected chi connectivity index (χ2v) is 7.57. The molecule has 6 nitrogen and oxygen atoms in total. The molecule has 7 heteroatoms. The van der Waals surface area contributed by atoms with Gasteiger partial charge in [0.25, 0.3) is 0 Å². The van der Waals surface area contributed by atoms with E-state index in [1.807, 2.05) is 33.0 Å². The molecule has 23 heavy (non-hydrogen) atoms. The molecule has 1 saturated heterocycles. The number of likely N-dealkylation sites (tertiary alicyclic amines) is 1. The van der Waals surface area contributed by atoms with E-state index in [0.717, 1.165) is 15.6 Å². The van der Waals surface area contributed by atoms with Crippen molar-refractivity contribution in [3.63, 3.8) is 0 Å². The van der Waals surface area contributed by atoms with E-state index in [1.54, 1.807) is 15.6 Å². The number of amides is 1. The van der Waals surface area contributed by atoms with Gasteiger partial charge in [0, 0.05) is 29.7 Å². The molecule has 0 bridgehead atoms. The summed E-state index contributed by atoms with van der Waals surface area (Å²) in [4.78, 5) is 13.7. The number of carbonyl (C=O) groups is 1. The van der Waals surface area contributed by atoms with Crippen molar-refractivity contribution in [3.8, 4) is 6.07 Å². The molecule has 0 saturated carbocycles. The normalized spacial score (nSPS) is 15.3. The molecule has 0 atom stereocenters. The van der Waals surface area contributed by atoms with Crippen LogP contribution in [0, 0.1) is 11.3 Å². The van der Waals surface area contributed by atoms with Crippen molar-refractivity contribution in [2.24, 2.45) is 0 Å². The highest BCUT2D eigenvalue weighted by Crippen LogP contribution is 2.34. The van der Waals surface area contributed by atoms with Crippen LogP contribution in [-0.2, 0) is 4.74 Å². The van der Waals surface area contributed by atoms with Crippen molar-refractivity contribution in [1.29, 1.82) is 5.26 Å². The van der Waals surface area contributed by atoms with Crippen LogP contribution >= 0.6 is 15.9 Å². The van der Waals surface area contributed by atoms with E-state index in [2.05, 4.69) is 27.1 Å². The predicted molar refractivity (Wildman–Crippen MR) is 88.2 cm³/mol. The first-order valence-corrected chi connectivity index (χ1v) is 8.12. The minimum atomic E-state index is -0.495. The maximum atomic E-state index is 12.0. The third-order valence-corrected chi connectivity index (χ3v) is 4.14. The fourth-order valence-electron chi connectivity index (χ4n) is 2.66. The summed E-state index contributed by atoms with van der Waals surface area (Å²) < 4.78 is 7.97. The van der Waals surface area contributed by atoms with E-state index in [9.17, 15) is 10.1 Å². The van der Waals surface area contributed by atoms with Gasteiger partial charge in [0.05, 0.1) is 17.3 Å². The van der Waals surface area contributed by atoms with Gasteiger partial charge in [-0.1, -0.05) is 0 Å². The van der Waals surface area contributed by atoms with Crippen molar-refractivity contribution in [2.75, 3.05) is 13.1 Å². The van der Waals surface area contributed by atoms with Crippen LogP contribution in [0.25, 0.3) is 5.52 Å². The van der Waals surface area contributed by atoms with E-state index in [1.165, 1.54) is 0 Å². The van der Waals surface area contributed by atoms with Crippen molar-refractivity contribution in [3.05, 3.63) is 34.1 Å². The zero-order valence-corrected chi connectivity index (χ0v) is 14.8. The van der Waals surface area contributed by atoms with Gasteiger partial charge in [-0.3, -0.25) is 0 Å². The highest BCUT2D eigenvalue weighted by atomic mass is 79.9. The maximum absolute atomic E-state index is 12.0. The standard InChI is InChI=1S/C16H17BrN4O2/c1-16(2,3)23-15(22)20-7-11(8-20)13-4-12(17)9-21-14(13)10(5-18)6-19-21/h4,6,9,11H,7-8H2,1-3H3. The molecule has 3 rings (SSSR count). The zero-order valence-electron chi connectivity index (χ0n) is 13.2. The highest BCUT2D eigenvalue weighted by molar-refractivity contribution is 9.10. The lowest BCUT2D eigenvalue weighted by molar-refractivity contribution is 0.00827. The van der Waals surface area contributed by atoms with Crippen molar-refractivity contribution in [1.82, 2.24) is 14.5 Å². The number of ether oxygens (including phenoxy) is 1. The molecule has 1 aliphatic rings. The van der Waals surface area contributed by atoms with Crippen LogP contribution in [-0.4, -0.2) is 39.3 Å². The fraction of sp³-hybridized carbons (Fsp3) is 0.438. The fourth-order valence-corrected chi connectivity index (χ4v) is 3.10. The Hall–Kier alpha value is -2.07. The summed E-state index contributed by atoms with van der Waals surface area (Å²) in [6.07, 6.45) is 3.09. The van der Waals surface area contributed by atoms with E-state index in [-0.39, 0.29) is 12.0 Å². The van der Waals surface area contributed by atoms with Crippen molar-refractivity contribution < 1.29 is 9.53 Å². The smallest absolute Gasteiger partial charge is 0.410 e. The second kappa shape index (κ2) is 5.53. The molecule has 2 aromatic heterocycles. The molecule has 0 spiro atoms. The molecule has 120 valence electrons. The first-order chi connectivity index (χ1) is 10.8. The Bertz CT molecular complexity index is 810. The van der Waals surface area contributed by atoms with Gasteiger partial charge < -0.3 is 9.64 Å². The Morgan fingerprint density at radius 1 is 1.48 bits per heavy atom. The molecule has 0 aliphatic carbocycles. The van der Waals surface area contributed by atoms with E-state index in [4.69, 9.17) is 4.74 Å². The highest BCUT2D eigenvalue weighted by Gasteiger charge is 2.36. The molecule has 1 aliphatic heterocycles. The lowest BCUT2D eigenvalue weighted by Crippen LogP contribution is -2.50. The number of hydrogen-bond acceptors (Lipinski definition) is 4. The summed E-state index contributed by atoms with van der Waals surface area (Å²) in [7, 11) is 0. The first-order valence-electron chi connectivity index (χ1n) is 7.33. The van der Waals surface area contributed by atoms with E-state index < -0.39 is 5.60 Å². The Kier molecular flexibility index (Phi) is 3.80. The average Bonchev–Trinajstić information content (AvgIpc) is 2.77. The van der Waals surface area contributed by atoms with Crippen molar-refractivity contribution in [2.45, 2.75) is 32.3 Å². The lowest BCUT2D eigenvalue weighted by atomic mass is 9.91. The summed E-state index contributed by atoms with van der Waals surface area (Å²) in [6.45, 7) is 6.72. The third-order valence-electron chi connectivity index (χ3n) is 3.70. The molecular formula is C16H17BrN4O2. The molecule has 0 N–H and O–H groups in total. The van der Waals surface area contributed by atoms with Crippen LogP contribution in [0.2, 0.25) is 0 Å². The van der Waals surface area contributed by atoms with Gasteiger partial charge in [0.15, 0.2) is 0 Å². The monoisotopic (exact) mass is 376 g/mol. The molecular weight excluding hydrogens is 360 g/mol. The molecule has 3 heterocycles. The molecule has 0 aromatic carbocycles. The van der Waals surface area contributed by atoms with Crippen LogP contribution < -0.4 is 0 Å². The Morgan fingerprint density at radius 2 is 2.17 bits per heavy atom. The number of fused-ring (bicyclic) bond motifs is 1. The SMILES string of the molecule is CC(C)(C)OC(=O)N1CC(c2cc(Br)cn3ncc(C#N)c23)C1. The number of aromatic nitrogens is 2. The summed E-state index contributed by atoms with van der Waals surface area (Å²) >= 11 is 3.47. The number of pyridine rings is 1. The predicted octanol–water partition coefficient (Wildman–Crippen LogP) is 3.30. The summed E-state index contributed by atoms with van der Waals surface area (Å²) in [5.74, 6) is 0.173. The quantitative estimate of drug-likeness (QED) is 0.765. The maximum Gasteiger partial charge on any atom is 0.410 e. The second-order valence-electron chi connectivity index (χ2n) is 6.66. The largest absolute Gasteiger partial charge is 0.444 e. The van der Waals surface area contributed by atoms with Gasteiger partial charge in [0.2, 0.25) is 0 Å². The van der Waals surface area contributed by atoms with E-state index >= 15 is 0 Å². The Morgan fingerprint density at radius 3 is 2.78 bits per heavy atom. The minimum absolute atomic E-state index is 0.173. The van der Waals surface area contributed by atoms with Crippen LogP contribution in [0.5, 0.6) is 0 Å². The van der Waals surface area contributed by atoms with Gasteiger partial charge in [-0.05, 0) is 48.3 Å². The molecule has 2 aromatic rings. The third kappa shape index (κ3) is 3.04. The lowest BCUT2D eigenvalue weighted by Gasteiger charge is -2.40. The van der Waals surface area contributed by atoms with Crippen LogP contribution in [0.1, 0.15) is 37.8 Å². The molecule has 0 radical (unpaired) electrons. The number of nitriles is 1. The number of nitrogens with zero attached hydrogens (tertiary/aromatic N) is 4. The van der Waals surface area contributed by atoms with Crippen LogP contribution in [0.15, 0.2) is 22.9 Å². The minimum Gasteiger partial charge on any atom is -0.444 e. The van der Waals surface area contributed by atoms with Gasteiger partial charge in [-0.2, -0.15) is 10.4 Å². The van der Waals surface area contributed by atoms with E-state index in [0.29, 0.717) is 18.7 Å². The zero-order chi connectivity index (χ0) is 16.8. The van der Waals surface area contributed by atoms with Crippen molar-refractivity contribution >= 4 is 27.5 Å². The van der Waals surface area contributed by atoms with Gasteiger partial charge in [-0.25, -0.2) is 9.31 Å². The molecule has 1 fully saturated rings. The Balaban J connectivity index is 1.83. The number of rotatable bonds is 1. The van der Waals surface area contributed by atoms with Crippen LogP contribution in [0.4, 0.5) is 4.79 Å². The Labute approximate surface area is 142 Å².